The van der Waals surface area contributed by atoms with Gasteiger partial charge in [0.2, 0.25) is 0 Å². The van der Waals surface area contributed by atoms with Crippen LogP contribution in [-0.2, 0) is 24.4 Å². The molecule has 6 heteroatoms. The minimum atomic E-state index is 0.320. The van der Waals surface area contributed by atoms with Crippen molar-refractivity contribution in [1.29, 1.82) is 0 Å². The lowest BCUT2D eigenvalue weighted by atomic mass is 10.0. The van der Waals surface area contributed by atoms with Crippen molar-refractivity contribution in [3.05, 3.63) is 87.4 Å². The Morgan fingerprint density at radius 3 is 2.63 bits per heavy atom. The van der Waals surface area contributed by atoms with Gasteiger partial charge < -0.3 is 10.6 Å². The van der Waals surface area contributed by atoms with Gasteiger partial charge in [-0.25, -0.2) is 4.98 Å². The first-order valence-electron chi connectivity index (χ1n) is 10.5. The van der Waals surface area contributed by atoms with Crippen LogP contribution >= 0.6 is 11.3 Å². The third-order valence-corrected chi connectivity index (χ3v) is 6.21. The Hall–Kier alpha value is -2.70. The van der Waals surface area contributed by atoms with Crippen LogP contribution in [0.1, 0.15) is 46.7 Å². The Kier molecular flexibility index (Phi) is 7.11. The molecule has 2 N–H and O–H groups in total. The van der Waals surface area contributed by atoms with Gasteiger partial charge in [-0.1, -0.05) is 66.2 Å². The zero-order valence-electron chi connectivity index (χ0n) is 17.2. The smallest absolute Gasteiger partial charge is 0.170 e. The average molecular weight is 421 g/mol. The van der Waals surface area contributed by atoms with Crippen molar-refractivity contribution >= 4 is 17.2 Å². The molecule has 30 heavy (non-hydrogen) atoms. The first kappa shape index (κ1) is 20.6. The topological polar surface area (TPSA) is 63.7 Å². The summed E-state index contributed by atoms with van der Waals surface area (Å²) in [5, 5.41) is 7.27. The average Bonchev–Trinajstić information content (AvgIpc) is 3.22. The van der Waals surface area contributed by atoms with E-state index in [2.05, 4.69) is 39.3 Å². The molecule has 1 aliphatic heterocycles. The summed E-state index contributed by atoms with van der Waals surface area (Å²) in [7, 11) is 0. The molecule has 0 amide bonds. The molecule has 2 aromatic carbocycles. The van der Waals surface area contributed by atoms with E-state index in [0.29, 0.717) is 12.4 Å². The summed E-state index contributed by atoms with van der Waals surface area (Å²) in [5.74, 6) is 0.419. The summed E-state index contributed by atoms with van der Waals surface area (Å²) in [6, 6.07) is 18.5. The van der Waals surface area contributed by atoms with Gasteiger partial charge in [-0.05, 0) is 37.1 Å². The highest BCUT2D eigenvalue weighted by Crippen LogP contribution is 2.17. The quantitative estimate of drug-likeness (QED) is 0.330. The number of likely N-dealkylation sites (tertiary alicyclic amines) is 1. The fourth-order valence-electron chi connectivity index (χ4n) is 3.75. The molecule has 2 heterocycles. The summed E-state index contributed by atoms with van der Waals surface area (Å²) in [6.07, 6.45) is 4.71. The molecule has 0 saturated carbocycles. The van der Waals surface area contributed by atoms with E-state index in [-0.39, 0.29) is 0 Å². The van der Waals surface area contributed by atoms with Crippen molar-refractivity contribution in [2.24, 2.45) is 10.9 Å². The standard InChI is InChI=1S/C24H28N4OS/c25-24(22-12-6-5-11-20(22)16-28-13-7-2-8-14-28)27-29-17-21-18-30-23(26-21)15-19-9-3-1-4-10-19/h1,3-6,9-12,18H,2,7-8,13-17H2,(H2,25,27). The van der Waals surface area contributed by atoms with E-state index < -0.39 is 0 Å². The van der Waals surface area contributed by atoms with E-state index in [0.717, 1.165) is 42.3 Å². The highest BCUT2D eigenvalue weighted by atomic mass is 32.1. The molecule has 1 saturated heterocycles. The van der Waals surface area contributed by atoms with Crippen molar-refractivity contribution in [1.82, 2.24) is 9.88 Å². The van der Waals surface area contributed by atoms with E-state index >= 15 is 0 Å². The van der Waals surface area contributed by atoms with Crippen LogP contribution in [0, 0.1) is 0 Å². The van der Waals surface area contributed by atoms with Gasteiger partial charge in [0.1, 0.15) is 0 Å². The predicted octanol–water partition coefficient (Wildman–Crippen LogP) is 4.56. The van der Waals surface area contributed by atoms with Gasteiger partial charge in [0.25, 0.3) is 0 Å². The maximum atomic E-state index is 6.26. The van der Waals surface area contributed by atoms with Crippen molar-refractivity contribution in [2.45, 2.75) is 38.8 Å². The van der Waals surface area contributed by atoms with Crippen LogP contribution in [0.25, 0.3) is 0 Å². The fourth-order valence-corrected chi connectivity index (χ4v) is 4.56. The lowest BCUT2D eigenvalue weighted by molar-refractivity contribution is 0.128. The van der Waals surface area contributed by atoms with E-state index in [1.165, 1.54) is 30.4 Å². The predicted molar refractivity (Wildman–Crippen MR) is 122 cm³/mol. The highest BCUT2D eigenvalue weighted by Gasteiger charge is 2.14. The van der Waals surface area contributed by atoms with Crippen molar-refractivity contribution < 1.29 is 4.84 Å². The number of oxime groups is 1. The molecule has 1 fully saturated rings. The van der Waals surface area contributed by atoms with Gasteiger partial charge >= 0.3 is 0 Å². The number of piperidine rings is 1. The van der Waals surface area contributed by atoms with Crippen LogP contribution in [-0.4, -0.2) is 28.8 Å². The molecule has 0 atom stereocenters. The zero-order valence-corrected chi connectivity index (χ0v) is 18.0. The van der Waals surface area contributed by atoms with E-state index in [9.17, 15) is 0 Å². The SMILES string of the molecule is N/C(=N/OCc1csc(Cc2ccccc2)n1)c1ccccc1CN1CCCCC1. The summed E-state index contributed by atoms with van der Waals surface area (Å²) in [5.41, 5.74) is 10.5. The molecule has 156 valence electrons. The minimum Gasteiger partial charge on any atom is -0.388 e. The Labute approximate surface area is 182 Å². The van der Waals surface area contributed by atoms with E-state index in [4.69, 9.17) is 10.6 Å². The molecular formula is C24H28N4OS. The van der Waals surface area contributed by atoms with Crippen molar-refractivity contribution in [3.63, 3.8) is 0 Å². The van der Waals surface area contributed by atoms with Crippen molar-refractivity contribution in [3.8, 4) is 0 Å². The normalized spacial score (nSPS) is 15.3. The summed E-state index contributed by atoms with van der Waals surface area (Å²) >= 11 is 1.65. The molecular weight excluding hydrogens is 392 g/mol. The Morgan fingerprint density at radius 2 is 1.80 bits per heavy atom. The van der Waals surface area contributed by atoms with Crippen LogP contribution < -0.4 is 5.73 Å². The van der Waals surface area contributed by atoms with Crippen LogP contribution in [0.4, 0.5) is 0 Å². The van der Waals surface area contributed by atoms with Crippen LogP contribution in [0.5, 0.6) is 0 Å². The zero-order chi connectivity index (χ0) is 20.6. The van der Waals surface area contributed by atoms with Gasteiger partial charge in [0.15, 0.2) is 12.4 Å². The first-order valence-corrected chi connectivity index (χ1v) is 11.4. The van der Waals surface area contributed by atoms with Crippen LogP contribution in [0.2, 0.25) is 0 Å². The number of benzene rings is 2. The number of thiazole rings is 1. The Balaban J connectivity index is 1.34. The largest absolute Gasteiger partial charge is 0.388 e. The van der Waals surface area contributed by atoms with Crippen LogP contribution in [0.3, 0.4) is 0 Å². The van der Waals surface area contributed by atoms with Gasteiger partial charge in [-0.3, -0.25) is 4.90 Å². The van der Waals surface area contributed by atoms with E-state index in [1.54, 1.807) is 11.3 Å². The molecule has 5 nitrogen and oxygen atoms in total. The maximum absolute atomic E-state index is 6.26. The first-order chi connectivity index (χ1) is 14.8. The van der Waals surface area contributed by atoms with Crippen molar-refractivity contribution in [2.75, 3.05) is 13.1 Å². The minimum absolute atomic E-state index is 0.320. The molecule has 0 radical (unpaired) electrons. The second kappa shape index (κ2) is 10.4. The highest BCUT2D eigenvalue weighted by molar-refractivity contribution is 7.09. The number of hydrogen-bond donors (Lipinski definition) is 1. The third kappa shape index (κ3) is 5.68. The molecule has 0 bridgehead atoms. The van der Waals surface area contributed by atoms with E-state index in [1.807, 2.05) is 35.7 Å². The fraction of sp³-hybridized carbons (Fsp3) is 0.333. The number of nitrogens with two attached hydrogens (primary N) is 1. The molecule has 0 spiro atoms. The molecule has 3 aromatic rings. The van der Waals surface area contributed by atoms with Gasteiger partial charge in [-0.2, -0.15) is 0 Å². The maximum Gasteiger partial charge on any atom is 0.170 e. The Bertz CT molecular complexity index is 964. The lowest BCUT2D eigenvalue weighted by Crippen LogP contribution is -2.30. The number of amidine groups is 1. The monoisotopic (exact) mass is 420 g/mol. The third-order valence-electron chi connectivity index (χ3n) is 5.31. The second-order valence-electron chi connectivity index (χ2n) is 7.64. The van der Waals surface area contributed by atoms with Gasteiger partial charge in [-0.15, -0.1) is 11.3 Å². The molecule has 4 rings (SSSR count). The molecule has 1 aliphatic rings. The van der Waals surface area contributed by atoms with Gasteiger partial charge in [0, 0.05) is 23.9 Å². The summed E-state index contributed by atoms with van der Waals surface area (Å²) in [6.45, 7) is 3.52. The van der Waals surface area contributed by atoms with Crippen LogP contribution in [0.15, 0.2) is 65.1 Å². The number of aromatic nitrogens is 1. The summed E-state index contributed by atoms with van der Waals surface area (Å²) < 4.78 is 0. The second-order valence-corrected chi connectivity index (χ2v) is 8.58. The number of hydrogen-bond acceptors (Lipinski definition) is 5. The molecule has 0 aliphatic carbocycles. The number of rotatable bonds is 8. The Morgan fingerprint density at radius 1 is 1.03 bits per heavy atom. The number of nitrogens with zero attached hydrogens (tertiary/aromatic N) is 3. The lowest BCUT2D eigenvalue weighted by Gasteiger charge is -2.27. The summed E-state index contributed by atoms with van der Waals surface area (Å²) in [4.78, 5) is 12.7. The molecule has 1 aromatic heterocycles. The molecule has 0 unspecified atom stereocenters. The van der Waals surface area contributed by atoms with Gasteiger partial charge in [0.05, 0.1) is 10.7 Å².